The SMILES string of the molecule is C=CCC1=CC(OC)[C](O)C(OC)=C1. The molecule has 1 aliphatic carbocycles. The van der Waals surface area contributed by atoms with Gasteiger partial charge in [0.05, 0.1) is 7.11 Å². The van der Waals surface area contributed by atoms with E-state index in [1.165, 1.54) is 7.11 Å². The van der Waals surface area contributed by atoms with Crippen molar-refractivity contribution >= 4 is 0 Å². The number of hydrogen-bond donors (Lipinski definition) is 1. The maximum Gasteiger partial charge on any atom is 0.190 e. The van der Waals surface area contributed by atoms with E-state index in [9.17, 15) is 5.11 Å². The van der Waals surface area contributed by atoms with Gasteiger partial charge in [0.2, 0.25) is 0 Å². The van der Waals surface area contributed by atoms with E-state index in [1.54, 1.807) is 19.3 Å². The smallest absolute Gasteiger partial charge is 0.190 e. The minimum absolute atomic E-state index is 0.114. The molecule has 0 aliphatic heterocycles. The standard InChI is InChI=1S/C11H15O3/c1-4-5-8-6-9(13-2)11(12)10(7-8)14-3/h4,6-7,9,12H,1,5H2,2-3H3. The van der Waals surface area contributed by atoms with E-state index in [-0.39, 0.29) is 6.10 Å². The van der Waals surface area contributed by atoms with Gasteiger partial charge in [0.25, 0.3) is 0 Å². The van der Waals surface area contributed by atoms with Crippen LogP contribution in [0.25, 0.3) is 0 Å². The van der Waals surface area contributed by atoms with Gasteiger partial charge in [-0.25, -0.2) is 0 Å². The Morgan fingerprint density at radius 2 is 2.29 bits per heavy atom. The molecule has 0 aromatic heterocycles. The maximum absolute atomic E-state index is 9.64. The summed E-state index contributed by atoms with van der Waals surface area (Å²) >= 11 is 0. The fraction of sp³-hybridized carbons (Fsp3) is 0.364. The van der Waals surface area contributed by atoms with E-state index < -0.39 is 6.10 Å². The average molecular weight is 195 g/mol. The molecule has 14 heavy (non-hydrogen) atoms. The quantitative estimate of drug-likeness (QED) is 0.697. The van der Waals surface area contributed by atoms with E-state index in [0.29, 0.717) is 5.76 Å². The molecule has 0 saturated heterocycles. The molecule has 3 heteroatoms. The second-order valence-corrected chi connectivity index (χ2v) is 2.99. The minimum atomic E-state index is -0.412. The van der Waals surface area contributed by atoms with E-state index >= 15 is 0 Å². The summed E-state index contributed by atoms with van der Waals surface area (Å²) in [7, 11) is 3.06. The van der Waals surface area contributed by atoms with Crippen LogP contribution in [0.2, 0.25) is 0 Å². The van der Waals surface area contributed by atoms with E-state index in [0.717, 1.165) is 12.0 Å². The lowest BCUT2D eigenvalue weighted by molar-refractivity contribution is 0.0694. The zero-order valence-corrected chi connectivity index (χ0v) is 8.49. The van der Waals surface area contributed by atoms with Crippen molar-refractivity contribution < 1.29 is 14.6 Å². The van der Waals surface area contributed by atoms with E-state index in [4.69, 9.17) is 9.47 Å². The normalized spacial score (nSPS) is 22.6. The molecule has 1 radical (unpaired) electrons. The summed E-state index contributed by atoms with van der Waals surface area (Å²) in [5.41, 5.74) is 1.03. The largest absolute Gasteiger partial charge is 0.498 e. The molecular weight excluding hydrogens is 180 g/mol. The molecule has 77 valence electrons. The third kappa shape index (κ3) is 2.25. The van der Waals surface area contributed by atoms with Gasteiger partial charge >= 0.3 is 0 Å². The molecule has 1 N–H and O–H groups in total. The van der Waals surface area contributed by atoms with Crippen molar-refractivity contribution in [3.8, 4) is 0 Å². The van der Waals surface area contributed by atoms with Crippen molar-refractivity contribution in [1.29, 1.82) is 0 Å². The summed E-state index contributed by atoms with van der Waals surface area (Å²) < 4.78 is 10.1. The fourth-order valence-electron chi connectivity index (χ4n) is 1.34. The highest BCUT2D eigenvalue weighted by molar-refractivity contribution is 5.37. The minimum Gasteiger partial charge on any atom is -0.498 e. The molecule has 0 spiro atoms. The van der Waals surface area contributed by atoms with E-state index in [2.05, 4.69) is 6.58 Å². The predicted octanol–water partition coefficient (Wildman–Crippen LogP) is 1.95. The highest BCUT2D eigenvalue weighted by atomic mass is 16.5. The second kappa shape index (κ2) is 4.98. The topological polar surface area (TPSA) is 38.7 Å². The molecule has 0 fully saturated rings. The average Bonchev–Trinajstić information content (AvgIpc) is 2.20. The highest BCUT2D eigenvalue weighted by Gasteiger charge is 2.27. The predicted molar refractivity (Wildman–Crippen MR) is 54.0 cm³/mol. The van der Waals surface area contributed by atoms with Gasteiger partial charge in [0.15, 0.2) is 6.10 Å². The first-order valence-electron chi connectivity index (χ1n) is 4.39. The van der Waals surface area contributed by atoms with Gasteiger partial charge in [0.1, 0.15) is 11.9 Å². The number of ether oxygens (including phenoxy) is 2. The van der Waals surface area contributed by atoms with Crippen LogP contribution in [-0.2, 0) is 9.47 Å². The third-order valence-corrected chi connectivity index (χ3v) is 2.06. The molecule has 0 amide bonds. The Hall–Kier alpha value is -1.06. The Balaban J connectivity index is 2.86. The first-order valence-corrected chi connectivity index (χ1v) is 4.39. The monoisotopic (exact) mass is 195 g/mol. The molecule has 0 aromatic rings. The van der Waals surface area contributed by atoms with Crippen LogP contribution >= 0.6 is 0 Å². The van der Waals surface area contributed by atoms with Crippen LogP contribution in [0.5, 0.6) is 0 Å². The van der Waals surface area contributed by atoms with Gasteiger partial charge in [-0.2, -0.15) is 0 Å². The molecule has 3 nitrogen and oxygen atoms in total. The molecule has 1 atom stereocenters. The van der Waals surface area contributed by atoms with Crippen LogP contribution in [0.3, 0.4) is 0 Å². The number of rotatable bonds is 4. The molecule has 0 bridgehead atoms. The van der Waals surface area contributed by atoms with Gasteiger partial charge < -0.3 is 14.6 Å². The van der Waals surface area contributed by atoms with Gasteiger partial charge in [0, 0.05) is 7.11 Å². The summed E-state index contributed by atoms with van der Waals surface area (Å²) in [6, 6.07) is 0. The maximum atomic E-state index is 9.64. The van der Waals surface area contributed by atoms with Gasteiger partial charge in [-0.3, -0.25) is 0 Å². The Bertz CT molecular complexity index is 266. The first-order chi connectivity index (χ1) is 6.72. The molecule has 1 rings (SSSR count). The Kier molecular flexibility index (Phi) is 3.92. The van der Waals surface area contributed by atoms with Gasteiger partial charge in [-0.1, -0.05) is 6.08 Å². The lowest BCUT2D eigenvalue weighted by Crippen LogP contribution is -2.24. The molecule has 0 aromatic carbocycles. The number of methoxy groups -OCH3 is 2. The molecule has 1 unspecified atom stereocenters. The molecule has 0 heterocycles. The van der Waals surface area contributed by atoms with Crippen molar-refractivity contribution in [2.75, 3.05) is 14.2 Å². The van der Waals surface area contributed by atoms with Gasteiger partial charge in [-0.15, -0.1) is 6.58 Å². The molecule has 1 aliphatic rings. The second-order valence-electron chi connectivity index (χ2n) is 2.99. The van der Waals surface area contributed by atoms with Crippen molar-refractivity contribution in [2.24, 2.45) is 0 Å². The summed E-state index contributed by atoms with van der Waals surface area (Å²) in [6.07, 6.45) is 5.87. The van der Waals surface area contributed by atoms with Crippen LogP contribution < -0.4 is 0 Å². The summed E-state index contributed by atoms with van der Waals surface area (Å²) in [5, 5.41) is 9.64. The number of hydrogen-bond acceptors (Lipinski definition) is 3. The fourth-order valence-corrected chi connectivity index (χ4v) is 1.34. The third-order valence-electron chi connectivity index (χ3n) is 2.06. The van der Waals surface area contributed by atoms with Crippen LogP contribution in [-0.4, -0.2) is 25.4 Å². The summed E-state index contributed by atoms with van der Waals surface area (Å²) in [6.45, 7) is 3.65. The van der Waals surface area contributed by atoms with Crippen LogP contribution in [0, 0.1) is 6.10 Å². The van der Waals surface area contributed by atoms with Crippen LogP contribution in [0.15, 0.2) is 36.1 Å². The zero-order valence-electron chi connectivity index (χ0n) is 8.49. The molecule has 0 saturated carbocycles. The first kappa shape index (κ1) is 11.0. The lowest BCUT2D eigenvalue weighted by Gasteiger charge is -2.24. The number of aliphatic hydroxyl groups is 1. The highest BCUT2D eigenvalue weighted by Crippen LogP contribution is 2.27. The summed E-state index contributed by atoms with van der Waals surface area (Å²) in [4.78, 5) is 0. The van der Waals surface area contributed by atoms with Crippen molar-refractivity contribution in [2.45, 2.75) is 12.5 Å². The Labute approximate surface area is 84.3 Å². The lowest BCUT2D eigenvalue weighted by atomic mass is 9.98. The Morgan fingerprint density at radius 1 is 1.57 bits per heavy atom. The number of allylic oxidation sites excluding steroid dienone is 3. The van der Waals surface area contributed by atoms with Gasteiger partial charge in [-0.05, 0) is 24.1 Å². The van der Waals surface area contributed by atoms with Crippen LogP contribution in [0.1, 0.15) is 6.42 Å². The van der Waals surface area contributed by atoms with Crippen molar-refractivity contribution in [1.82, 2.24) is 0 Å². The Morgan fingerprint density at radius 3 is 2.79 bits per heavy atom. The van der Waals surface area contributed by atoms with Crippen molar-refractivity contribution in [3.63, 3.8) is 0 Å². The zero-order chi connectivity index (χ0) is 10.6. The van der Waals surface area contributed by atoms with Crippen LogP contribution in [0.4, 0.5) is 0 Å². The number of aliphatic hydroxyl groups excluding tert-OH is 1. The van der Waals surface area contributed by atoms with E-state index in [1.807, 2.05) is 6.08 Å². The van der Waals surface area contributed by atoms with Crippen molar-refractivity contribution in [3.05, 3.63) is 42.2 Å². The summed E-state index contributed by atoms with van der Waals surface area (Å²) in [5.74, 6) is 0.455. The molecular formula is C11H15O3.